The minimum absolute atomic E-state index is 0.0103. The molecule has 1 atom stereocenters. The third-order valence-corrected chi connectivity index (χ3v) is 6.62. The first-order valence-electron chi connectivity index (χ1n) is 8.26. The van der Waals surface area contributed by atoms with Gasteiger partial charge in [-0.2, -0.15) is 5.10 Å². The van der Waals surface area contributed by atoms with Gasteiger partial charge in [-0.1, -0.05) is 11.6 Å². The fourth-order valence-electron chi connectivity index (χ4n) is 3.20. The number of carbonyl (C=O) groups is 1. The number of ketones is 1. The molecule has 4 rings (SSSR count). The van der Waals surface area contributed by atoms with E-state index >= 15 is 0 Å². The van der Waals surface area contributed by atoms with Crippen molar-refractivity contribution in [3.63, 3.8) is 0 Å². The van der Waals surface area contributed by atoms with Crippen LogP contribution in [0.2, 0.25) is 5.02 Å². The molecule has 0 spiro atoms. The Morgan fingerprint density at radius 3 is 2.67 bits per heavy atom. The van der Waals surface area contributed by atoms with Crippen molar-refractivity contribution in [2.75, 3.05) is 11.5 Å². The van der Waals surface area contributed by atoms with Crippen LogP contribution < -0.4 is 5.56 Å². The highest BCUT2D eigenvalue weighted by Crippen LogP contribution is 2.25. The summed E-state index contributed by atoms with van der Waals surface area (Å²) < 4.78 is 26.1. The van der Waals surface area contributed by atoms with E-state index in [1.807, 2.05) is 0 Å². The lowest BCUT2D eigenvalue weighted by molar-refractivity contribution is 0.0970. The molecule has 0 N–H and O–H groups in total. The molecule has 0 bridgehead atoms. The maximum absolute atomic E-state index is 12.7. The zero-order valence-corrected chi connectivity index (χ0v) is 15.7. The van der Waals surface area contributed by atoms with Gasteiger partial charge in [-0.25, -0.2) is 18.1 Å². The van der Waals surface area contributed by atoms with E-state index in [0.29, 0.717) is 22.7 Å². The number of sulfone groups is 1. The standard InChI is InChI=1S/C17H15ClN4O4S/c18-12-3-1-11(2-4-12)15(23)8-21-10-19-16-14(17(21)24)7-20-22(16)13-5-6-27(25,26)9-13/h1-4,7,10,13H,5-6,8-9H2/t13-/m0/s1. The van der Waals surface area contributed by atoms with Gasteiger partial charge in [-0.15, -0.1) is 0 Å². The molecule has 1 saturated heterocycles. The second-order valence-corrected chi connectivity index (χ2v) is 9.16. The molecule has 0 saturated carbocycles. The maximum atomic E-state index is 12.7. The number of hydrogen-bond acceptors (Lipinski definition) is 6. The molecule has 3 aromatic rings. The summed E-state index contributed by atoms with van der Waals surface area (Å²) in [5, 5.41) is 4.95. The number of halogens is 1. The summed E-state index contributed by atoms with van der Waals surface area (Å²) in [6.07, 6.45) is 3.11. The molecule has 0 aliphatic carbocycles. The van der Waals surface area contributed by atoms with Crippen LogP contribution in [-0.2, 0) is 16.4 Å². The summed E-state index contributed by atoms with van der Waals surface area (Å²) in [5.74, 6) is -0.154. The van der Waals surface area contributed by atoms with Crippen molar-refractivity contribution in [3.8, 4) is 0 Å². The number of benzene rings is 1. The predicted octanol–water partition coefficient (Wildman–Crippen LogP) is 1.49. The highest BCUT2D eigenvalue weighted by atomic mass is 35.5. The van der Waals surface area contributed by atoms with E-state index in [9.17, 15) is 18.0 Å². The fourth-order valence-corrected chi connectivity index (χ4v) is 5.01. The van der Waals surface area contributed by atoms with Gasteiger partial charge in [-0.05, 0) is 30.7 Å². The van der Waals surface area contributed by atoms with Crippen LogP contribution in [0.15, 0.2) is 41.6 Å². The van der Waals surface area contributed by atoms with Crippen molar-refractivity contribution in [2.45, 2.75) is 19.0 Å². The van der Waals surface area contributed by atoms with E-state index in [-0.39, 0.29) is 35.3 Å². The minimum atomic E-state index is -3.08. The third kappa shape index (κ3) is 3.40. The lowest BCUT2D eigenvalue weighted by atomic mass is 10.1. The van der Waals surface area contributed by atoms with Gasteiger partial charge in [0.15, 0.2) is 21.3 Å². The zero-order chi connectivity index (χ0) is 19.2. The normalized spacial score (nSPS) is 18.8. The van der Waals surface area contributed by atoms with Gasteiger partial charge in [0.2, 0.25) is 0 Å². The molecule has 1 fully saturated rings. The van der Waals surface area contributed by atoms with Gasteiger partial charge < -0.3 is 0 Å². The molecular formula is C17H15ClN4O4S. The van der Waals surface area contributed by atoms with Crippen molar-refractivity contribution in [3.05, 3.63) is 57.7 Å². The quantitative estimate of drug-likeness (QED) is 0.608. The topological polar surface area (TPSA) is 104 Å². The van der Waals surface area contributed by atoms with E-state index in [1.54, 1.807) is 24.3 Å². The minimum Gasteiger partial charge on any atom is -0.292 e. The predicted molar refractivity (Wildman–Crippen MR) is 99.9 cm³/mol. The van der Waals surface area contributed by atoms with Gasteiger partial charge in [-0.3, -0.25) is 14.2 Å². The first-order chi connectivity index (χ1) is 12.8. The zero-order valence-electron chi connectivity index (χ0n) is 14.1. The largest absolute Gasteiger partial charge is 0.292 e. The van der Waals surface area contributed by atoms with Crippen LogP contribution in [-0.4, -0.2) is 45.0 Å². The van der Waals surface area contributed by atoms with Crippen LogP contribution in [0, 0.1) is 0 Å². The molecule has 8 nitrogen and oxygen atoms in total. The molecule has 1 aliphatic heterocycles. The van der Waals surface area contributed by atoms with Crippen molar-refractivity contribution < 1.29 is 13.2 Å². The number of carbonyl (C=O) groups excluding carboxylic acids is 1. The SMILES string of the molecule is O=C(Cn1cnc2c(cnn2[C@H]2CCS(=O)(=O)C2)c1=O)c1ccc(Cl)cc1. The Labute approximate surface area is 159 Å². The fraction of sp³-hybridized carbons (Fsp3) is 0.294. The summed E-state index contributed by atoms with van der Waals surface area (Å²) in [5.41, 5.74) is 0.380. The number of fused-ring (bicyclic) bond motifs is 1. The Morgan fingerprint density at radius 2 is 2.00 bits per heavy atom. The maximum Gasteiger partial charge on any atom is 0.264 e. The highest BCUT2D eigenvalue weighted by molar-refractivity contribution is 7.91. The molecular weight excluding hydrogens is 392 g/mol. The molecule has 0 radical (unpaired) electrons. The Kier molecular flexibility index (Phi) is 4.35. The van der Waals surface area contributed by atoms with E-state index < -0.39 is 15.4 Å². The summed E-state index contributed by atoms with van der Waals surface area (Å²) in [6, 6.07) is 6.09. The Hall–Kier alpha value is -2.52. The molecule has 140 valence electrons. The molecule has 2 aromatic heterocycles. The first kappa shape index (κ1) is 17.9. The monoisotopic (exact) mass is 406 g/mol. The average molecular weight is 407 g/mol. The molecule has 27 heavy (non-hydrogen) atoms. The molecule has 1 aliphatic rings. The van der Waals surface area contributed by atoms with E-state index in [0.717, 1.165) is 0 Å². The smallest absolute Gasteiger partial charge is 0.264 e. The number of aromatic nitrogens is 4. The molecule has 3 heterocycles. The number of rotatable bonds is 4. The summed E-state index contributed by atoms with van der Waals surface area (Å²) in [7, 11) is -3.08. The number of Topliss-reactive ketones (excluding diaryl/α,β-unsaturated/α-hetero) is 1. The van der Waals surface area contributed by atoms with E-state index in [1.165, 1.54) is 21.8 Å². The van der Waals surface area contributed by atoms with Crippen LogP contribution in [0.1, 0.15) is 22.8 Å². The van der Waals surface area contributed by atoms with E-state index in [4.69, 9.17) is 11.6 Å². The number of hydrogen-bond donors (Lipinski definition) is 0. The van der Waals surface area contributed by atoms with Crippen molar-refractivity contribution >= 4 is 38.3 Å². The second kappa shape index (κ2) is 6.58. The Morgan fingerprint density at radius 1 is 1.26 bits per heavy atom. The van der Waals surface area contributed by atoms with Crippen LogP contribution >= 0.6 is 11.6 Å². The van der Waals surface area contributed by atoms with E-state index in [2.05, 4.69) is 10.1 Å². The third-order valence-electron chi connectivity index (χ3n) is 4.61. The van der Waals surface area contributed by atoms with Crippen LogP contribution in [0.4, 0.5) is 0 Å². The summed E-state index contributed by atoms with van der Waals surface area (Å²) in [6.45, 7) is -0.160. The highest BCUT2D eigenvalue weighted by Gasteiger charge is 2.31. The van der Waals surface area contributed by atoms with Gasteiger partial charge in [0, 0.05) is 10.6 Å². The lowest BCUT2D eigenvalue weighted by Crippen LogP contribution is -2.25. The molecule has 1 aromatic carbocycles. The van der Waals surface area contributed by atoms with Crippen LogP contribution in [0.3, 0.4) is 0 Å². The summed E-state index contributed by atoms with van der Waals surface area (Å²) in [4.78, 5) is 29.3. The van der Waals surface area contributed by atoms with Gasteiger partial charge in [0.05, 0.1) is 30.3 Å². The van der Waals surface area contributed by atoms with Crippen molar-refractivity contribution in [1.29, 1.82) is 0 Å². The first-order valence-corrected chi connectivity index (χ1v) is 10.5. The van der Waals surface area contributed by atoms with Gasteiger partial charge in [0.25, 0.3) is 5.56 Å². The van der Waals surface area contributed by atoms with Crippen molar-refractivity contribution in [1.82, 2.24) is 19.3 Å². The van der Waals surface area contributed by atoms with Gasteiger partial charge >= 0.3 is 0 Å². The lowest BCUT2D eigenvalue weighted by Gasteiger charge is -2.10. The molecule has 10 heteroatoms. The Balaban J connectivity index is 1.64. The van der Waals surface area contributed by atoms with Gasteiger partial charge in [0.1, 0.15) is 11.7 Å². The molecule has 0 amide bonds. The average Bonchev–Trinajstić information content (AvgIpc) is 3.21. The van der Waals surface area contributed by atoms with Crippen molar-refractivity contribution in [2.24, 2.45) is 0 Å². The summed E-state index contributed by atoms with van der Waals surface area (Å²) >= 11 is 5.82. The number of nitrogens with zero attached hydrogens (tertiary/aromatic N) is 4. The van der Waals surface area contributed by atoms with Crippen LogP contribution in [0.5, 0.6) is 0 Å². The molecule has 0 unspecified atom stereocenters. The second-order valence-electron chi connectivity index (χ2n) is 6.49. The Bertz CT molecular complexity index is 1200. The van der Waals surface area contributed by atoms with Crippen LogP contribution in [0.25, 0.3) is 11.0 Å².